The van der Waals surface area contributed by atoms with E-state index in [-0.39, 0.29) is 11.5 Å². The highest BCUT2D eigenvalue weighted by molar-refractivity contribution is 6.05. The molecule has 0 unspecified atom stereocenters. The smallest absolute Gasteiger partial charge is 0.249 e. The first-order chi connectivity index (χ1) is 16.1. The number of amides is 1. The third-order valence-corrected chi connectivity index (χ3v) is 5.33. The minimum Gasteiger partial charge on any atom is -0.307 e. The van der Waals surface area contributed by atoms with E-state index in [0.29, 0.717) is 28.0 Å². The average molecular weight is 429 g/mol. The zero-order valence-corrected chi connectivity index (χ0v) is 17.9. The van der Waals surface area contributed by atoms with Crippen LogP contribution in [0.15, 0.2) is 84.9 Å². The summed E-state index contributed by atoms with van der Waals surface area (Å²) >= 11 is 0. The highest BCUT2D eigenvalue weighted by atomic mass is 16.1. The monoisotopic (exact) mass is 429 g/mol. The molecule has 0 aliphatic heterocycles. The van der Waals surface area contributed by atoms with Gasteiger partial charge in [0.2, 0.25) is 5.91 Å². The van der Waals surface area contributed by atoms with Gasteiger partial charge in [0, 0.05) is 11.8 Å². The zero-order chi connectivity index (χ0) is 22.8. The van der Waals surface area contributed by atoms with Crippen LogP contribution in [0.1, 0.15) is 16.7 Å². The number of benzene rings is 3. The van der Waals surface area contributed by atoms with Crippen LogP contribution in [0.4, 0.5) is 5.82 Å². The highest BCUT2D eigenvalue weighted by Crippen LogP contribution is 2.32. The molecule has 1 amide bonds. The van der Waals surface area contributed by atoms with E-state index in [1.807, 2.05) is 85.8 Å². The maximum absolute atomic E-state index is 12.8. The molecule has 5 aromatic rings. The predicted octanol–water partition coefficient (Wildman–Crippen LogP) is 5.41. The zero-order valence-electron chi connectivity index (χ0n) is 17.9. The lowest BCUT2D eigenvalue weighted by Gasteiger charge is -2.11. The number of carbonyl (C=O) groups excluding carboxylic acids is 1. The van der Waals surface area contributed by atoms with Gasteiger partial charge in [0.25, 0.3) is 0 Å². The van der Waals surface area contributed by atoms with Crippen molar-refractivity contribution in [2.75, 3.05) is 5.32 Å². The maximum Gasteiger partial charge on any atom is 0.249 e. The number of carbonyl (C=O) groups is 1. The lowest BCUT2D eigenvalue weighted by Crippen LogP contribution is -2.13. The molecule has 6 nitrogen and oxygen atoms in total. The fourth-order valence-corrected chi connectivity index (χ4v) is 3.71. The highest BCUT2D eigenvalue weighted by Gasteiger charge is 2.22. The van der Waals surface area contributed by atoms with Gasteiger partial charge in [0.15, 0.2) is 5.65 Å². The van der Waals surface area contributed by atoms with Crippen molar-refractivity contribution >= 4 is 40.0 Å². The first kappa shape index (κ1) is 20.2. The van der Waals surface area contributed by atoms with Crippen LogP contribution in [-0.2, 0) is 4.79 Å². The van der Waals surface area contributed by atoms with Gasteiger partial charge in [-0.2, -0.15) is 5.26 Å². The second kappa shape index (κ2) is 8.40. The lowest BCUT2D eigenvalue weighted by atomic mass is 10.2. The summed E-state index contributed by atoms with van der Waals surface area (Å²) in [5.74, 6) is -0.00885. The van der Waals surface area contributed by atoms with Crippen LogP contribution in [-0.4, -0.2) is 20.4 Å². The molecule has 158 valence electrons. The summed E-state index contributed by atoms with van der Waals surface area (Å²) < 4.78 is 1.78. The Balaban J connectivity index is 1.69. The van der Waals surface area contributed by atoms with Crippen LogP contribution >= 0.6 is 0 Å². The Hall–Kier alpha value is -4.76. The largest absolute Gasteiger partial charge is 0.307 e. The number of anilines is 1. The van der Waals surface area contributed by atoms with Crippen LogP contribution in [0.2, 0.25) is 0 Å². The minimum atomic E-state index is -0.351. The SMILES string of the molecule is Cc1ccc(-n2c(NC(=O)C=Cc3ccccc3)c(C#N)c3nc4ccccc4nc32)cc1. The summed E-state index contributed by atoms with van der Waals surface area (Å²) in [4.78, 5) is 22.3. The third-order valence-electron chi connectivity index (χ3n) is 5.33. The number of aryl methyl sites for hydroxylation is 1. The number of rotatable bonds is 4. The van der Waals surface area contributed by atoms with Gasteiger partial charge in [-0.1, -0.05) is 60.2 Å². The van der Waals surface area contributed by atoms with E-state index in [2.05, 4.69) is 11.4 Å². The number of fused-ring (bicyclic) bond motifs is 2. The minimum absolute atomic E-state index is 0.269. The number of nitriles is 1. The van der Waals surface area contributed by atoms with Crippen LogP contribution in [0.5, 0.6) is 0 Å². The number of nitrogens with zero attached hydrogens (tertiary/aromatic N) is 4. The fourth-order valence-electron chi connectivity index (χ4n) is 3.71. The van der Waals surface area contributed by atoms with E-state index < -0.39 is 0 Å². The Morgan fingerprint density at radius 1 is 0.939 bits per heavy atom. The summed E-state index contributed by atoms with van der Waals surface area (Å²) in [5.41, 5.74) is 5.40. The van der Waals surface area contributed by atoms with Crippen molar-refractivity contribution in [3.05, 3.63) is 102 Å². The molecule has 0 saturated carbocycles. The van der Waals surface area contributed by atoms with E-state index in [1.165, 1.54) is 6.08 Å². The van der Waals surface area contributed by atoms with E-state index in [4.69, 9.17) is 9.97 Å². The van der Waals surface area contributed by atoms with Gasteiger partial charge in [0.1, 0.15) is 23.0 Å². The van der Waals surface area contributed by atoms with Crippen molar-refractivity contribution in [1.82, 2.24) is 14.5 Å². The lowest BCUT2D eigenvalue weighted by molar-refractivity contribution is -0.111. The Kier molecular flexibility index (Phi) is 5.13. The van der Waals surface area contributed by atoms with E-state index in [1.54, 1.807) is 10.6 Å². The Labute approximate surface area is 190 Å². The second-order valence-corrected chi connectivity index (χ2v) is 7.62. The fraction of sp³-hybridized carbons (Fsp3) is 0.0370. The Bertz CT molecular complexity index is 1560. The van der Waals surface area contributed by atoms with E-state index in [0.717, 1.165) is 16.8 Å². The molecule has 2 heterocycles. The second-order valence-electron chi connectivity index (χ2n) is 7.62. The molecule has 0 fully saturated rings. The Morgan fingerprint density at radius 2 is 1.61 bits per heavy atom. The molecule has 1 N–H and O–H groups in total. The van der Waals surface area contributed by atoms with Crippen molar-refractivity contribution < 1.29 is 4.79 Å². The first-order valence-electron chi connectivity index (χ1n) is 10.5. The van der Waals surface area contributed by atoms with E-state index in [9.17, 15) is 10.1 Å². The molecule has 5 rings (SSSR count). The van der Waals surface area contributed by atoms with Gasteiger partial charge in [-0.15, -0.1) is 0 Å². The van der Waals surface area contributed by atoms with Gasteiger partial charge in [-0.25, -0.2) is 9.97 Å². The molecule has 2 aromatic heterocycles. The molecule has 0 spiro atoms. The van der Waals surface area contributed by atoms with Crippen molar-refractivity contribution in [3.63, 3.8) is 0 Å². The summed E-state index contributed by atoms with van der Waals surface area (Å²) in [6.07, 6.45) is 3.18. The van der Waals surface area contributed by atoms with Gasteiger partial charge in [-0.05, 0) is 42.8 Å². The van der Waals surface area contributed by atoms with E-state index >= 15 is 0 Å². The van der Waals surface area contributed by atoms with Gasteiger partial charge in [-0.3, -0.25) is 9.36 Å². The van der Waals surface area contributed by atoms with Crippen LogP contribution in [0, 0.1) is 18.3 Å². The van der Waals surface area contributed by atoms with Crippen molar-refractivity contribution in [1.29, 1.82) is 5.26 Å². The molecule has 0 bridgehead atoms. The maximum atomic E-state index is 12.8. The summed E-state index contributed by atoms with van der Waals surface area (Å²) in [6.45, 7) is 2.00. The molecule has 6 heteroatoms. The summed E-state index contributed by atoms with van der Waals surface area (Å²) in [5, 5.41) is 12.9. The molecule has 0 atom stereocenters. The molecule has 33 heavy (non-hydrogen) atoms. The molecular weight excluding hydrogens is 410 g/mol. The third kappa shape index (κ3) is 3.84. The summed E-state index contributed by atoms with van der Waals surface area (Å²) in [7, 11) is 0. The number of para-hydroxylation sites is 2. The van der Waals surface area contributed by atoms with Crippen LogP contribution < -0.4 is 5.32 Å². The molecule has 3 aromatic carbocycles. The van der Waals surface area contributed by atoms with Crippen LogP contribution in [0.25, 0.3) is 34.0 Å². The number of aromatic nitrogens is 3. The quantitative estimate of drug-likeness (QED) is 0.388. The number of nitrogens with one attached hydrogen (secondary N) is 1. The normalized spacial score (nSPS) is 11.2. The molecular formula is C27H19N5O. The van der Waals surface area contributed by atoms with Crippen LogP contribution in [0.3, 0.4) is 0 Å². The molecule has 0 aliphatic rings. The molecule has 0 radical (unpaired) electrons. The van der Waals surface area contributed by atoms with Crippen molar-refractivity contribution in [3.8, 4) is 11.8 Å². The average Bonchev–Trinajstić information content (AvgIpc) is 3.14. The molecule has 0 saturated heterocycles. The summed E-state index contributed by atoms with van der Waals surface area (Å²) in [6, 6.07) is 27.1. The van der Waals surface area contributed by atoms with Gasteiger partial charge >= 0.3 is 0 Å². The molecule has 0 aliphatic carbocycles. The van der Waals surface area contributed by atoms with Crippen molar-refractivity contribution in [2.45, 2.75) is 6.92 Å². The van der Waals surface area contributed by atoms with Gasteiger partial charge in [0.05, 0.1) is 11.0 Å². The van der Waals surface area contributed by atoms with Gasteiger partial charge < -0.3 is 5.32 Å². The van der Waals surface area contributed by atoms with Crippen molar-refractivity contribution in [2.24, 2.45) is 0 Å². The topological polar surface area (TPSA) is 83.6 Å². The number of hydrogen-bond acceptors (Lipinski definition) is 4. The standard InChI is InChI=1S/C27H19N5O/c1-18-11-14-20(15-12-18)32-26(31-24(33)16-13-19-7-3-2-4-8-19)21(17-28)25-27(32)30-23-10-6-5-9-22(23)29-25/h2-16H,1H3,(H,31,33). The Morgan fingerprint density at radius 3 is 2.30 bits per heavy atom. The first-order valence-corrected chi connectivity index (χ1v) is 10.5. The number of hydrogen-bond donors (Lipinski definition) is 1. The predicted molar refractivity (Wildman–Crippen MR) is 130 cm³/mol.